The van der Waals surface area contributed by atoms with Gasteiger partial charge in [0.15, 0.2) is 5.82 Å². The van der Waals surface area contributed by atoms with Crippen molar-refractivity contribution in [3.63, 3.8) is 0 Å². The Bertz CT molecular complexity index is 749. The number of rotatable bonds is 4. The molecule has 2 aliphatic heterocycles. The van der Waals surface area contributed by atoms with Gasteiger partial charge in [0.1, 0.15) is 11.9 Å². The Morgan fingerprint density at radius 1 is 1.15 bits per heavy atom. The summed E-state index contributed by atoms with van der Waals surface area (Å²) in [5.74, 6) is 1.60. The quantitative estimate of drug-likeness (QED) is 0.915. The van der Waals surface area contributed by atoms with Crippen molar-refractivity contribution in [1.29, 1.82) is 0 Å². The third kappa shape index (κ3) is 3.71. The van der Waals surface area contributed by atoms with Crippen molar-refractivity contribution in [3.8, 4) is 5.75 Å². The Labute approximate surface area is 153 Å². The zero-order valence-corrected chi connectivity index (χ0v) is 14.7. The summed E-state index contributed by atoms with van der Waals surface area (Å²) >= 11 is 0. The topological polar surface area (TPSA) is 70.6 Å². The number of ether oxygens (including phenoxy) is 1. The molecule has 2 saturated heterocycles. The van der Waals surface area contributed by atoms with Crippen molar-refractivity contribution in [3.05, 3.63) is 42.9 Å². The zero-order chi connectivity index (χ0) is 17.8. The van der Waals surface area contributed by atoms with Gasteiger partial charge in [-0.05, 0) is 37.1 Å². The first-order valence-electron chi connectivity index (χ1n) is 9.12. The molecule has 0 saturated carbocycles. The van der Waals surface area contributed by atoms with E-state index in [0.717, 1.165) is 36.8 Å². The second-order valence-corrected chi connectivity index (χ2v) is 6.66. The number of nitrogens with one attached hydrogen (secondary N) is 1. The molecule has 4 rings (SSSR count). The molecular formula is C19H23N5O2. The molecule has 0 aliphatic carbocycles. The van der Waals surface area contributed by atoms with Crippen LogP contribution < -0.4 is 15.0 Å². The molecule has 2 aromatic heterocycles. The zero-order valence-electron chi connectivity index (χ0n) is 14.7. The predicted octanol–water partition coefficient (Wildman–Crippen LogP) is 2.76. The molecule has 0 spiro atoms. The van der Waals surface area contributed by atoms with Gasteiger partial charge in [-0.3, -0.25) is 4.98 Å². The van der Waals surface area contributed by atoms with Gasteiger partial charge in [0, 0.05) is 38.4 Å². The van der Waals surface area contributed by atoms with E-state index in [-0.39, 0.29) is 12.1 Å². The minimum atomic E-state index is -0.101. The Morgan fingerprint density at radius 2 is 2.00 bits per heavy atom. The molecule has 2 aliphatic rings. The number of likely N-dealkylation sites (tertiary alicyclic amines) is 1. The van der Waals surface area contributed by atoms with Crippen LogP contribution in [0, 0.1) is 0 Å². The normalized spacial score (nSPS) is 19.6. The standard InChI is InChI=1S/C19H23N5O2/c25-19(22-17-6-4-9-21-18(17)23-10-1-2-11-23)24-12-7-16(14-24)26-15-5-3-8-20-13-15/h3-6,8-9,13,16H,1-2,7,10-12,14H2,(H,22,25). The van der Waals surface area contributed by atoms with Crippen LogP contribution in [-0.4, -0.2) is 53.2 Å². The summed E-state index contributed by atoms with van der Waals surface area (Å²) in [5.41, 5.74) is 0.774. The fraction of sp³-hybridized carbons (Fsp3) is 0.421. The summed E-state index contributed by atoms with van der Waals surface area (Å²) in [7, 11) is 0. The summed E-state index contributed by atoms with van der Waals surface area (Å²) in [6.45, 7) is 3.23. The van der Waals surface area contributed by atoms with E-state index in [2.05, 4.69) is 20.2 Å². The van der Waals surface area contributed by atoms with Crippen LogP contribution in [0.3, 0.4) is 0 Å². The van der Waals surface area contributed by atoms with Crippen LogP contribution in [0.2, 0.25) is 0 Å². The fourth-order valence-electron chi connectivity index (χ4n) is 3.49. The first kappa shape index (κ1) is 16.6. The smallest absolute Gasteiger partial charge is 0.322 e. The van der Waals surface area contributed by atoms with E-state index >= 15 is 0 Å². The average molecular weight is 353 g/mol. The first-order valence-corrected chi connectivity index (χ1v) is 9.12. The van der Waals surface area contributed by atoms with Crippen LogP contribution in [-0.2, 0) is 0 Å². The van der Waals surface area contributed by atoms with E-state index in [4.69, 9.17) is 4.74 Å². The molecule has 1 unspecified atom stereocenters. The lowest BCUT2D eigenvalue weighted by Crippen LogP contribution is -2.35. The molecule has 0 bridgehead atoms. The molecular weight excluding hydrogens is 330 g/mol. The molecule has 136 valence electrons. The van der Waals surface area contributed by atoms with Gasteiger partial charge in [0.25, 0.3) is 0 Å². The molecule has 2 aromatic rings. The third-order valence-corrected chi connectivity index (χ3v) is 4.80. The van der Waals surface area contributed by atoms with Crippen molar-refractivity contribution in [2.75, 3.05) is 36.4 Å². The second kappa shape index (κ2) is 7.59. The molecule has 7 nitrogen and oxygen atoms in total. The fourth-order valence-corrected chi connectivity index (χ4v) is 3.49. The average Bonchev–Trinajstić information content (AvgIpc) is 3.35. The number of urea groups is 1. The Hall–Kier alpha value is -2.83. The maximum absolute atomic E-state index is 12.7. The molecule has 2 fully saturated rings. The largest absolute Gasteiger partial charge is 0.487 e. The van der Waals surface area contributed by atoms with Crippen molar-refractivity contribution in [1.82, 2.24) is 14.9 Å². The van der Waals surface area contributed by atoms with Crippen LogP contribution in [0.5, 0.6) is 5.75 Å². The van der Waals surface area contributed by atoms with Gasteiger partial charge >= 0.3 is 6.03 Å². The third-order valence-electron chi connectivity index (χ3n) is 4.80. The van der Waals surface area contributed by atoms with E-state index in [1.807, 2.05) is 24.3 Å². The van der Waals surface area contributed by atoms with Crippen molar-refractivity contribution in [2.24, 2.45) is 0 Å². The molecule has 1 atom stereocenters. The van der Waals surface area contributed by atoms with Gasteiger partial charge in [-0.25, -0.2) is 9.78 Å². The lowest BCUT2D eigenvalue weighted by molar-refractivity contribution is 0.194. The SMILES string of the molecule is O=C(Nc1cccnc1N1CCCC1)N1CCC(Oc2cccnc2)C1. The number of anilines is 2. The molecule has 2 amide bonds. The van der Waals surface area contributed by atoms with Crippen molar-refractivity contribution < 1.29 is 9.53 Å². The van der Waals surface area contributed by atoms with Crippen LogP contribution in [0.1, 0.15) is 19.3 Å². The lowest BCUT2D eigenvalue weighted by Gasteiger charge is -2.22. The second-order valence-electron chi connectivity index (χ2n) is 6.66. The monoisotopic (exact) mass is 353 g/mol. The Kier molecular flexibility index (Phi) is 4.86. The molecule has 7 heteroatoms. The number of carbonyl (C=O) groups is 1. The Balaban J connectivity index is 1.37. The lowest BCUT2D eigenvalue weighted by atomic mass is 10.3. The number of nitrogens with zero attached hydrogens (tertiary/aromatic N) is 4. The van der Waals surface area contributed by atoms with E-state index in [1.54, 1.807) is 23.5 Å². The summed E-state index contributed by atoms with van der Waals surface area (Å²) in [6, 6.07) is 7.40. The first-order chi connectivity index (χ1) is 12.8. The number of pyridine rings is 2. The maximum atomic E-state index is 12.7. The van der Waals surface area contributed by atoms with Gasteiger partial charge < -0.3 is 19.9 Å². The molecule has 0 aromatic carbocycles. The molecule has 4 heterocycles. The van der Waals surface area contributed by atoms with Gasteiger partial charge in [-0.2, -0.15) is 0 Å². The summed E-state index contributed by atoms with van der Waals surface area (Å²) in [6.07, 6.45) is 8.34. The highest BCUT2D eigenvalue weighted by Crippen LogP contribution is 2.27. The van der Waals surface area contributed by atoms with E-state index < -0.39 is 0 Å². The van der Waals surface area contributed by atoms with Gasteiger partial charge in [-0.15, -0.1) is 0 Å². The van der Waals surface area contributed by atoms with E-state index in [0.29, 0.717) is 13.1 Å². The summed E-state index contributed by atoms with van der Waals surface area (Å²) in [4.78, 5) is 25.2. The number of carbonyl (C=O) groups excluding carboxylic acids is 1. The minimum absolute atomic E-state index is 0.00287. The maximum Gasteiger partial charge on any atom is 0.322 e. The van der Waals surface area contributed by atoms with E-state index in [1.165, 1.54) is 12.8 Å². The highest BCUT2D eigenvalue weighted by molar-refractivity contribution is 5.92. The van der Waals surface area contributed by atoms with Crippen molar-refractivity contribution >= 4 is 17.5 Å². The Morgan fingerprint density at radius 3 is 2.81 bits per heavy atom. The van der Waals surface area contributed by atoms with Crippen LogP contribution >= 0.6 is 0 Å². The van der Waals surface area contributed by atoms with Crippen LogP contribution in [0.25, 0.3) is 0 Å². The number of hydrogen-bond acceptors (Lipinski definition) is 5. The number of amides is 2. The van der Waals surface area contributed by atoms with Gasteiger partial charge in [-0.1, -0.05) is 0 Å². The molecule has 1 N–H and O–H groups in total. The van der Waals surface area contributed by atoms with Gasteiger partial charge in [0.2, 0.25) is 0 Å². The summed E-state index contributed by atoms with van der Waals surface area (Å²) in [5, 5.41) is 3.03. The predicted molar refractivity (Wildman–Crippen MR) is 99.5 cm³/mol. The van der Waals surface area contributed by atoms with E-state index in [9.17, 15) is 4.79 Å². The van der Waals surface area contributed by atoms with Gasteiger partial charge in [0.05, 0.1) is 18.4 Å². The van der Waals surface area contributed by atoms with Crippen molar-refractivity contribution in [2.45, 2.75) is 25.4 Å². The van der Waals surface area contributed by atoms with Crippen LogP contribution in [0.15, 0.2) is 42.9 Å². The molecule has 0 radical (unpaired) electrons. The number of aromatic nitrogens is 2. The van der Waals surface area contributed by atoms with Crippen LogP contribution in [0.4, 0.5) is 16.3 Å². The summed E-state index contributed by atoms with van der Waals surface area (Å²) < 4.78 is 5.91. The highest BCUT2D eigenvalue weighted by Gasteiger charge is 2.28. The minimum Gasteiger partial charge on any atom is -0.487 e. The number of hydrogen-bond donors (Lipinski definition) is 1. The highest BCUT2D eigenvalue weighted by atomic mass is 16.5. The molecule has 26 heavy (non-hydrogen) atoms.